The van der Waals surface area contributed by atoms with Gasteiger partial charge >= 0.3 is 0 Å². The van der Waals surface area contributed by atoms with Crippen LogP contribution >= 0.6 is 0 Å². The second-order valence-electron chi connectivity index (χ2n) is 5.84. The molecule has 0 saturated carbocycles. The lowest BCUT2D eigenvalue weighted by atomic mass is 9.69. The first kappa shape index (κ1) is 13.0. The SMILES string of the molecule is C1=CC=CC=1C1=C(C2=C=CC=C2)C(C2=C=CC=C2)=C1C1=C=CC=C1. The van der Waals surface area contributed by atoms with E-state index in [0.717, 1.165) is 22.3 Å². The maximum absolute atomic E-state index is 3.36. The summed E-state index contributed by atoms with van der Waals surface area (Å²) in [6.45, 7) is 0. The molecular formula is C24H12. The summed E-state index contributed by atoms with van der Waals surface area (Å²) in [6.07, 6.45) is 24.5. The Hall–Kier alpha value is -3.48. The minimum Gasteiger partial charge on any atom is -0.112 e. The molecule has 0 fully saturated rings. The summed E-state index contributed by atoms with van der Waals surface area (Å²) in [4.78, 5) is 0. The summed E-state index contributed by atoms with van der Waals surface area (Å²) in [5.41, 5.74) is 22.9. The van der Waals surface area contributed by atoms with Crippen LogP contribution < -0.4 is 0 Å². The lowest BCUT2D eigenvalue weighted by molar-refractivity contribution is 1.19. The first-order chi connectivity index (χ1) is 11.9. The quantitative estimate of drug-likeness (QED) is 0.626. The van der Waals surface area contributed by atoms with E-state index in [1.807, 2.05) is 48.6 Å². The van der Waals surface area contributed by atoms with E-state index >= 15 is 0 Å². The number of hydrogen-bond acceptors (Lipinski definition) is 0. The number of hydrogen-bond donors (Lipinski definition) is 0. The van der Waals surface area contributed by atoms with Crippen LogP contribution in [0.4, 0.5) is 0 Å². The molecular weight excluding hydrogens is 288 g/mol. The molecule has 0 bridgehead atoms. The van der Waals surface area contributed by atoms with Crippen molar-refractivity contribution in [2.45, 2.75) is 0 Å². The molecule has 0 aromatic carbocycles. The van der Waals surface area contributed by atoms with Gasteiger partial charge in [-0.3, -0.25) is 0 Å². The molecule has 0 spiro atoms. The van der Waals surface area contributed by atoms with Gasteiger partial charge in [-0.2, -0.15) is 0 Å². The minimum atomic E-state index is 1.12. The van der Waals surface area contributed by atoms with Crippen molar-refractivity contribution in [2.75, 3.05) is 0 Å². The van der Waals surface area contributed by atoms with Crippen LogP contribution in [0.1, 0.15) is 0 Å². The second kappa shape index (κ2) is 5.02. The highest BCUT2D eigenvalue weighted by Crippen LogP contribution is 2.51. The van der Waals surface area contributed by atoms with Crippen LogP contribution in [0.5, 0.6) is 0 Å². The van der Waals surface area contributed by atoms with E-state index in [0.29, 0.717) is 0 Å². The molecule has 0 unspecified atom stereocenters. The van der Waals surface area contributed by atoms with E-state index in [-0.39, 0.29) is 0 Å². The van der Waals surface area contributed by atoms with Crippen LogP contribution in [0.25, 0.3) is 0 Å². The third-order valence-corrected chi connectivity index (χ3v) is 4.47. The largest absolute Gasteiger partial charge is 0.112 e. The molecule has 0 amide bonds. The van der Waals surface area contributed by atoms with Gasteiger partial charge in [-0.15, -0.1) is 22.9 Å². The van der Waals surface area contributed by atoms with E-state index in [1.165, 1.54) is 22.3 Å². The van der Waals surface area contributed by atoms with Crippen molar-refractivity contribution >= 4 is 0 Å². The summed E-state index contributed by atoms with van der Waals surface area (Å²) in [5, 5.41) is 0. The van der Waals surface area contributed by atoms with Crippen molar-refractivity contribution < 1.29 is 0 Å². The molecule has 5 aliphatic carbocycles. The number of allylic oxidation sites excluding steroid dienone is 16. The fraction of sp³-hybridized carbons (Fsp3) is 0. The molecule has 0 aromatic heterocycles. The Morgan fingerprint density at radius 2 is 0.625 bits per heavy atom. The van der Waals surface area contributed by atoms with Crippen LogP contribution in [-0.2, 0) is 0 Å². The predicted molar refractivity (Wildman–Crippen MR) is 97.0 cm³/mol. The van der Waals surface area contributed by atoms with Gasteiger partial charge in [0.2, 0.25) is 0 Å². The van der Waals surface area contributed by atoms with Crippen LogP contribution in [0.2, 0.25) is 0 Å². The zero-order valence-corrected chi connectivity index (χ0v) is 12.9. The van der Waals surface area contributed by atoms with Crippen LogP contribution in [-0.4, -0.2) is 0 Å². The molecule has 5 rings (SSSR count). The van der Waals surface area contributed by atoms with Gasteiger partial charge in [0, 0.05) is 44.6 Å². The zero-order valence-electron chi connectivity index (χ0n) is 12.9. The average Bonchev–Trinajstić information content (AvgIpc) is 3.37. The first-order valence-electron chi connectivity index (χ1n) is 7.98. The maximum atomic E-state index is 3.36. The molecule has 0 atom stereocenters. The molecule has 108 valence electrons. The average molecular weight is 300 g/mol. The molecule has 0 radical (unpaired) electrons. The van der Waals surface area contributed by atoms with E-state index in [4.69, 9.17) is 0 Å². The van der Waals surface area contributed by atoms with E-state index in [9.17, 15) is 0 Å². The van der Waals surface area contributed by atoms with Gasteiger partial charge in [-0.25, -0.2) is 0 Å². The maximum Gasteiger partial charge on any atom is 0.0250 e. The van der Waals surface area contributed by atoms with Gasteiger partial charge < -0.3 is 0 Å². The summed E-state index contributed by atoms with van der Waals surface area (Å²) in [7, 11) is 0. The molecule has 0 N–H and O–H groups in total. The highest BCUT2D eigenvalue weighted by atomic mass is 14.4. The molecule has 0 heterocycles. The lowest BCUT2D eigenvalue weighted by Crippen LogP contribution is -2.16. The van der Waals surface area contributed by atoms with Gasteiger partial charge in [0.1, 0.15) is 0 Å². The van der Waals surface area contributed by atoms with Gasteiger partial charge in [0.15, 0.2) is 0 Å². The Bertz CT molecular complexity index is 947. The van der Waals surface area contributed by atoms with Gasteiger partial charge in [-0.1, -0.05) is 24.3 Å². The van der Waals surface area contributed by atoms with Crippen molar-refractivity contribution in [2.24, 2.45) is 0 Å². The fourth-order valence-electron chi connectivity index (χ4n) is 3.46. The van der Waals surface area contributed by atoms with Crippen molar-refractivity contribution in [1.29, 1.82) is 0 Å². The minimum absolute atomic E-state index is 1.12. The van der Waals surface area contributed by atoms with E-state index in [2.05, 4.69) is 47.2 Å². The molecule has 0 nitrogen and oxygen atoms in total. The Labute approximate surface area is 140 Å². The summed E-state index contributed by atoms with van der Waals surface area (Å²) < 4.78 is 0. The topological polar surface area (TPSA) is 0 Å². The van der Waals surface area contributed by atoms with Gasteiger partial charge in [-0.05, 0) is 48.6 Å². The van der Waals surface area contributed by atoms with E-state index < -0.39 is 0 Å². The Morgan fingerprint density at radius 1 is 0.375 bits per heavy atom. The summed E-state index contributed by atoms with van der Waals surface area (Å²) in [5.74, 6) is 0. The zero-order chi connectivity index (χ0) is 15.9. The van der Waals surface area contributed by atoms with Crippen LogP contribution in [0, 0.1) is 0 Å². The highest BCUT2D eigenvalue weighted by Gasteiger charge is 2.36. The smallest absolute Gasteiger partial charge is 0.0250 e. The third kappa shape index (κ3) is 1.78. The Morgan fingerprint density at radius 3 is 0.792 bits per heavy atom. The Balaban J connectivity index is 1.79. The van der Waals surface area contributed by atoms with Crippen molar-refractivity contribution in [1.82, 2.24) is 0 Å². The Kier molecular flexibility index (Phi) is 2.72. The van der Waals surface area contributed by atoms with E-state index in [1.54, 1.807) is 0 Å². The predicted octanol–water partition coefficient (Wildman–Crippen LogP) is 5.20. The normalized spacial score (nSPS) is 21.3. The van der Waals surface area contributed by atoms with Crippen LogP contribution in [0.3, 0.4) is 0 Å². The third-order valence-electron chi connectivity index (χ3n) is 4.47. The monoisotopic (exact) mass is 300 g/mol. The standard InChI is InChI=1S/C24H12/c1-2-10-17(9-1)21-22(18-11-3-4-12-18)24(20-15-7-8-16-20)23(21)19-13-5-6-14-19/h1-9,11,13,15H. The first-order valence-corrected chi connectivity index (χ1v) is 7.98. The molecule has 5 aliphatic rings. The molecule has 0 heteroatoms. The molecule has 0 saturated heterocycles. The molecule has 0 aliphatic heterocycles. The summed E-state index contributed by atoms with van der Waals surface area (Å²) >= 11 is 0. The second-order valence-corrected chi connectivity index (χ2v) is 5.84. The van der Waals surface area contributed by atoms with Gasteiger partial charge in [0.05, 0.1) is 0 Å². The summed E-state index contributed by atoms with van der Waals surface area (Å²) in [6, 6.07) is 0. The van der Waals surface area contributed by atoms with Crippen molar-refractivity contribution in [3.05, 3.63) is 140 Å². The lowest BCUT2D eigenvalue weighted by Gasteiger charge is -2.31. The van der Waals surface area contributed by atoms with Crippen LogP contribution in [0.15, 0.2) is 140 Å². The molecule has 0 aromatic rings. The van der Waals surface area contributed by atoms with Crippen molar-refractivity contribution in [3.63, 3.8) is 0 Å². The molecule has 24 heavy (non-hydrogen) atoms. The number of rotatable bonds is 4. The van der Waals surface area contributed by atoms with Gasteiger partial charge in [0.25, 0.3) is 0 Å². The van der Waals surface area contributed by atoms with Crippen molar-refractivity contribution in [3.8, 4) is 0 Å². The highest BCUT2D eigenvalue weighted by molar-refractivity contribution is 5.86. The fourth-order valence-corrected chi connectivity index (χ4v) is 3.46.